The molecule has 1 aromatic carbocycles. The molecule has 0 saturated heterocycles. The molecule has 132 valence electrons. The van der Waals surface area contributed by atoms with E-state index in [2.05, 4.69) is 15.3 Å². The first-order chi connectivity index (χ1) is 12.2. The zero-order valence-electron chi connectivity index (χ0n) is 14.7. The monoisotopic (exact) mass is 339 g/mol. The van der Waals surface area contributed by atoms with Crippen molar-refractivity contribution in [2.24, 2.45) is 5.92 Å². The predicted molar refractivity (Wildman–Crippen MR) is 97.9 cm³/mol. The number of aryl methyl sites for hydroxylation is 1. The van der Waals surface area contributed by atoms with Crippen molar-refractivity contribution >= 4 is 11.7 Å². The van der Waals surface area contributed by atoms with Crippen LogP contribution in [0, 0.1) is 12.8 Å². The normalized spacial score (nSPS) is 15.1. The third-order valence-electron chi connectivity index (χ3n) is 4.84. The fourth-order valence-corrected chi connectivity index (χ4v) is 3.36. The molecular formula is C20H25N3O2. The minimum Gasteiger partial charge on any atom is -0.392 e. The quantitative estimate of drug-likeness (QED) is 0.867. The van der Waals surface area contributed by atoms with Gasteiger partial charge in [0.1, 0.15) is 0 Å². The molecule has 0 aliphatic heterocycles. The van der Waals surface area contributed by atoms with E-state index in [9.17, 15) is 4.79 Å². The molecular weight excluding hydrogens is 314 g/mol. The van der Waals surface area contributed by atoms with E-state index in [1.807, 2.05) is 31.2 Å². The van der Waals surface area contributed by atoms with E-state index in [4.69, 9.17) is 5.11 Å². The lowest BCUT2D eigenvalue weighted by atomic mass is 9.87. The Labute approximate surface area is 148 Å². The number of carbonyl (C=O) groups excluding carboxylic acids is 1. The minimum atomic E-state index is 0.0248. The van der Waals surface area contributed by atoms with Gasteiger partial charge in [0.05, 0.1) is 24.2 Å². The van der Waals surface area contributed by atoms with Crippen LogP contribution in [0.3, 0.4) is 0 Å². The number of anilines is 1. The van der Waals surface area contributed by atoms with Gasteiger partial charge in [-0.2, -0.15) is 0 Å². The lowest BCUT2D eigenvalue weighted by Crippen LogP contribution is -2.19. The van der Waals surface area contributed by atoms with Gasteiger partial charge in [-0.25, -0.2) is 9.97 Å². The molecule has 3 rings (SSSR count). The van der Waals surface area contributed by atoms with Crippen LogP contribution in [0.5, 0.6) is 0 Å². The average molecular weight is 339 g/mol. The van der Waals surface area contributed by atoms with Crippen LogP contribution in [0.4, 0.5) is 5.82 Å². The summed E-state index contributed by atoms with van der Waals surface area (Å²) in [5, 5.41) is 12.0. The van der Waals surface area contributed by atoms with Crippen molar-refractivity contribution in [2.75, 3.05) is 5.32 Å². The van der Waals surface area contributed by atoms with Crippen molar-refractivity contribution in [1.29, 1.82) is 0 Å². The Bertz CT molecular complexity index is 722. The summed E-state index contributed by atoms with van der Waals surface area (Å²) in [6, 6.07) is 7.56. The van der Waals surface area contributed by atoms with Gasteiger partial charge in [0, 0.05) is 12.0 Å². The highest BCUT2D eigenvalue weighted by Crippen LogP contribution is 2.27. The van der Waals surface area contributed by atoms with Crippen molar-refractivity contribution in [3.8, 4) is 11.3 Å². The second kappa shape index (κ2) is 8.21. The number of nitrogens with zero attached hydrogens (tertiary/aromatic N) is 2. The number of rotatable bonds is 5. The van der Waals surface area contributed by atoms with E-state index >= 15 is 0 Å². The van der Waals surface area contributed by atoms with Crippen molar-refractivity contribution in [1.82, 2.24) is 9.97 Å². The highest BCUT2D eigenvalue weighted by Gasteiger charge is 2.18. The Morgan fingerprint density at radius 2 is 1.92 bits per heavy atom. The predicted octanol–water partition coefficient (Wildman–Crippen LogP) is 3.85. The van der Waals surface area contributed by atoms with Crippen molar-refractivity contribution in [3.63, 3.8) is 0 Å². The fourth-order valence-electron chi connectivity index (χ4n) is 3.36. The van der Waals surface area contributed by atoms with E-state index in [1.54, 1.807) is 6.20 Å². The Morgan fingerprint density at radius 1 is 1.20 bits per heavy atom. The van der Waals surface area contributed by atoms with Gasteiger partial charge in [-0.1, -0.05) is 43.5 Å². The van der Waals surface area contributed by atoms with Gasteiger partial charge in [0.2, 0.25) is 5.91 Å². The summed E-state index contributed by atoms with van der Waals surface area (Å²) in [7, 11) is 0. The highest BCUT2D eigenvalue weighted by atomic mass is 16.3. The third kappa shape index (κ3) is 4.63. The number of hydrogen-bond donors (Lipinski definition) is 2. The van der Waals surface area contributed by atoms with Gasteiger partial charge in [-0.3, -0.25) is 4.79 Å². The summed E-state index contributed by atoms with van der Waals surface area (Å²) in [4.78, 5) is 21.2. The molecule has 1 fully saturated rings. The number of nitrogens with one attached hydrogen (secondary N) is 1. The molecule has 0 spiro atoms. The van der Waals surface area contributed by atoms with Gasteiger partial charge >= 0.3 is 0 Å². The number of hydrogen-bond acceptors (Lipinski definition) is 4. The number of amides is 1. The summed E-state index contributed by atoms with van der Waals surface area (Å²) in [6.07, 6.45) is 8.33. The van der Waals surface area contributed by atoms with Crippen LogP contribution >= 0.6 is 0 Å². The van der Waals surface area contributed by atoms with Gasteiger partial charge in [-0.05, 0) is 31.2 Å². The number of aliphatic hydroxyl groups excluding tert-OH is 1. The topological polar surface area (TPSA) is 75.1 Å². The Balaban J connectivity index is 1.65. The fraction of sp³-hybridized carbons (Fsp3) is 0.450. The van der Waals surface area contributed by atoms with E-state index in [0.29, 0.717) is 23.9 Å². The number of aromatic nitrogens is 2. The summed E-state index contributed by atoms with van der Waals surface area (Å²) < 4.78 is 0. The molecule has 2 aromatic rings. The Morgan fingerprint density at radius 3 is 2.56 bits per heavy atom. The Kier molecular flexibility index (Phi) is 5.76. The van der Waals surface area contributed by atoms with E-state index in [1.165, 1.54) is 19.3 Å². The van der Waals surface area contributed by atoms with E-state index in [-0.39, 0.29) is 12.5 Å². The molecule has 1 aliphatic carbocycles. The average Bonchev–Trinajstić information content (AvgIpc) is 2.64. The summed E-state index contributed by atoms with van der Waals surface area (Å²) in [5.74, 6) is 1.08. The van der Waals surface area contributed by atoms with Crippen molar-refractivity contribution < 1.29 is 9.90 Å². The molecule has 2 N–H and O–H groups in total. The first kappa shape index (κ1) is 17.5. The second-order valence-corrected chi connectivity index (χ2v) is 6.80. The molecule has 1 heterocycles. The lowest BCUT2D eigenvalue weighted by Gasteiger charge is -2.20. The molecule has 1 aromatic heterocycles. The largest absolute Gasteiger partial charge is 0.392 e. The van der Waals surface area contributed by atoms with Gasteiger partial charge in [0.25, 0.3) is 0 Å². The third-order valence-corrected chi connectivity index (χ3v) is 4.84. The number of aliphatic hydroxyl groups is 1. The first-order valence-electron chi connectivity index (χ1n) is 8.99. The summed E-state index contributed by atoms with van der Waals surface area (Å²) in [6.45, 7) is 1.88. The van der Waals surface area contributed by atoms with Crippen molar-refractivity contribution in [3.05, 3.63) is 41.7 Å². The van der Waals surface area contributed by atoms with Gasteiger partial charge in [-0.15, -0.1) is 0 Å². The standard InChI is InChI=1S/C20H25N3O2/c1-14-20(23-19(25)11-15-5-3-2-4-6-15)21-12-18(22-14)17-9-7-16(13-24)8-10-17/h7-10,12,15,24H,2-6,11,13H2,1H3,(H,21,23,25). The lowest BCUT2D eigenvalue weighted by molar-refractivity contribution is -0.117. The van der Waals surface area contributed by atoms with Crippen LogP contribution < -0.4 is 5.32 Å². The van der Waals surface area contributed by atoms with Crippen LogP contribution in [0.15, 0.2) is 30.5 Å². The van der Waals surface area contributed by atoms with Crippen LogP contribution in [-0.2, 0) is 11.4 Å². The molecule has 0 unspecified atom stereocenters. The maximum atomic E-state index is 12.3. The minimum absolute atomic E-state index is 0.0248. The van der Waals surface area contributed by atoms with E-state index in [0.717, 1.165) is 29.7 Å². The molecule has 1 amide bonds. The molecule has 25 heavy (non-hydrogen) atoms. The molecule has 5 nitrogen and oxygen atoms in total. The molecule has 1 saturated carbocycles. The van der Waals surface area contributed by atoms with Gasteiger partial charge in [0.15, 0.2) is 5.82 Å². The summed E-state index contributed by atoms with van der Waals surface area (Å²) in [5.41, 5.74) is 3.26. The molecule has 0 bridgehead atoms. The number of carbonyl (C=O) groups is 1. The van der Waals surface area contributed by atoms with Crippen LogP contribution in [0.25, 0.3) is 11.3 Å². The first-order valence-corrected chi connectivity index (χ1v) is 8.99. The second-order valence-electron chi connectivity index (χ2n) is 6.80. The van der Waals surface area contributed by atoms with E-state index < -0.39 is 0 Å². The molecule has 0 atom stereocenters. The Hall–Kier alpha value is -2.27. The zero-order chi connectivity index (χ0) is 17.6. The maximum Gasteiger partial charge on any atom is 0.225 e. The zero-order valence-corrected chi connectivity index (χ0v) is 14.7. The smallest absolute Gasteiger partial charge is 0.225 e. The molecule has 0 radical (unpaired) electrons. The van der Waals surface area contributed by atoms with Crippen molar-refractivity contribution in [2.45, 2.75) is 52.1 Å². The molecule has 5 heteroatoms. The summed E-state index contributed by atoms with van der Waals surface area (Å²) >= 11 is 0. The van der Waals surface area contributed by atoms with Crippen LogP contribution in [0.1, 0.15) is 49.8 Å². The van der Waals surface area contributed by atoms with Gasteiger partial charge < -0.3 is 10.4 Å². The molecule has 1 aliphatic rings. The highest BCUT2D eigenvalue weighted by molar-refractivity contribution is 5.90. The van der Waals surface area contributed by atoms with Crippen LogP contribution in [-0.4, -0.2) is 21.0 Å². The SMILES string of the molecule is Cc1nc(-c2ccc(CO)cc2)cnc1NC(=O)CC1CCCCC1. The number of benzene rings is 1. The van der Waals surface area contributed by atoms with Crippen LogP contribution in [0.2, 0.25) is 0 Å². The maximum absolute atomic E-state index is 12.3.